The number of piperidine rings is 1. The standard InChI is InChI=1S/C18H20ClFN2/c19-16-5-3-14(4-6-16)15-9-18(21)12-22(11-15)10-13-1-7-17(20)8-2-13/h1-8,15,18H,9-12,21H2. The highest BCUT2D eigenvalue weighted by Crippen LogP contribution is 2.28. The summed E-state index contributed by atoms with van der Waals surface area (Å²) in [6, 6.07) is 14.9. The Morgan fingerprint density at radius 1 is 1.05 bits per heavy atom. The molecule has 0 spiro atoms. The summed E-state index contributed by atoms with van der Waals surface area (Å²) in [6.45, 7) is 2.65. The van der Waals surface area contributed by atoms with Gasteiger partial charge < -0.3 is 5.73 Å². The first kappa shape index (κ1) is 15.5. The molecule has 4 heteroatoms. The SMILES string of the molecule is NC1CC(c2ccc(Cl)cc2)CN(Cc2ccc(F)cc2)C1. The highest BCUT2D eigenvalue weighted by molar-refractivity contribution is 6.30. The molecule has 2 aromatic carbocycles. The molecular formula is C18H20ClFN2. The van der Waals surface area contributed by atoms with Crippen molar-refractivity contribution in [3.63, 3.8) is 0 Å². The van der Waals surface area contributed by atoms with E-state index in [4.69, 9.17) is 17.3 Å². The van der Waals surface area contributed by atoms with E-state index in [0.717, 1.165) is 36.6 Å². The van der Waals surface area contributed by atoms with Crippen molar-refractivity contribution in [2.75, 3.05) is 13.1 Å². The molecule has 0 aliphatic carbocycles. The lowest BCUT2D eigenvalue weighted by Gasteiger charge is -2.36. The molecule has 0 aromatic heterocycles. The van der Waals surface area contributed by atoms with E-state index in [9.17, 15) is 4.39 Å². The normalized spacial score (nSPS) is 22.7. The summed E-state index contributed by atoms with van der Waals surface area (Å²) in [7, 11) is 0. The number of nitrogens with two attached hydrogens (primary N) is 1. The van der Waals surface area contributed by atoms with Crippen LogP contribution >= 0.6 is 11.6 Å². The van der Waals surface area contributed by atoms with E-state index in [1.165, 1.54) is 17.7 Å². The van der Waals surface area contributed by atoms with Crippen LogP contribution in [0.15, 0.2) is 48.5 Å². The lowest BCUT2D eigenvalue weighted by molar-refractivity contribution is 0.181. The van der Waals surface area contributed by atoms with Gasteiger partial charge in [0.2, 0.25) is 0 Å². The Hall–Kier alpha value is -1.42. The molecule has 1 aliphatic heterocycles. The predicted molar refractivity (Wildman–Crippen MR) is 88.5 cm³/mol. The summed E-state index contributed by atoms with van der Waals surface area (Å²) < 4.78 is 13.0. The van der Waals surface area contributed by atoms with Gasteiger partial charge in [0.15, 0.2) is 0 Å². The molecule has 2 nitrogen and oxygen atoms in total. The average Bonchev–Trinajstić information content (AvgIpc) is 2.50. The van der Waals surface area contributed by atoms with Crippen molar-refractivity contribution < 1.29 is 4.39 Å². The van der Waals surface area contributed by atoms with E-state index in [1.807, 2.05) is 24.3 Å². The molecule has 1 aliphatic rings. The second kappa shape index (κ2) is 6.78. The van der Waals surface area contributed by atoms with Crippen LogP contribution in [0.2, 0.25) is 5.02 Å². The number of nitrogens with zero attached hydrogens (tertiary/aromatic N) is 1. The minimum atomic E-state index is -0.196. The van der Waals surface area contributed by atoms with Gasteiger partial charge in [-0.15, -0.1) is 0 Å². The first-order valence-corrected chi connectivity index (χ1v) is 7.96. The van der Waals surface area contributed by atoms with Crippen LogP contribution in [0, 0.1) is 5.82 Å². The van der Waals surface area contributed by atoms with E-state index in [0.29, 0.717) is 5.92 Å². The van der Waals surface area contributed by atoms with Crippen molar-refractivity contribution in [2.45, 2.75) is 24.9 Å². The van der Waals surface area contributed by atoms with Crippen LogP contribution in [-0.2, 0) is 6.54 Å². The molecule has 1 fully saturated rings. The van der Waals surface area contributed by atoms with Gasteiger partial charge in [0.25, 0.3) is 0 Å². The summed E-state index contributed by atoms with van der Waals surface area (Å²) in [4.78, 5) is 2.35. The van der Waals surface area contributed by atoms with Crippen molar-refractivity contribution >= 4 is 11.6 Å². The smallest absolute Gasteiger partial charge is 0.123 e. The number of hydrogen-bond acceptors (Lipinski definition) is 2. The Morgan fingerprint density at radius 2 is 1.73 bits per heavy atom. The van der Waals surface area contributed by atoms with Crippen LogP contribution in [0.4, 0.5) is 4.39 Å². The molecule has 0 radical (unpaired) electrons. The quantitative estimate of drug-likeness (QED) is 0.932. The Kier molecular flexibility index (Phi) is 4.77. The summed E-state index contributed by atoms with van der Waals surface area (Å²) >= 11 is 5.96. The molecule has 1 heterocycles. The van der Waals surface area contributed by atoms with E-state index < -0.39 is 0 Å². The molecule has 0 saturated carbocycles. The highest BCUT2D eigenvalue weighted by atomic mass is 35.5. The van der Waals surface area contributed by atoms with Crippen molar-refractivity contribution in [1.82, 2.24) is 4.90 Å². The Labute approximate surface area is 135 Å². The zero-order chi connectivity index (χ0) is 15.5. The molecule has 116 valence electrons. The lowest BCUT2D eigenvalue weighted by atomic mass is 9.88. The zero-order valence-corrected chi connectivity index (χ0v) is 13.1. The minimum Gasteiger partial charge on any atom is -0.327 e. The molecule has 1 saturated heterocycles. The third-order valence-corrected chi connectivity index (χ3v) is 4.47. The molecular weight excluding hydrogens is 299 g/mol. The van der Waals surface area contributed by atoms with Crippen LogP contribution < -0.4 is 5.73 Å². The van der Waals surface area contributed by atoms with E-state index >= 15 is 0 Å². The zero-order valence-electron chi connectivity index (χ0n) is 12.4. The van der Waals surface area contributed by atoms with E-state index in [-0.39, 0.29) is 11.9 Å². The molecule has 2 N–H and O–H groups in total. The van der Waals surface area contributed by atoms with Gasteiger partial charge in [-0.05, 0) is 47.7 Å². The minimum absolute atomic E-state index is 0.162. The number of benzene rings is 2. The Morgan fingerprint density at radius 3 is 2.41 bits per heavy atom. The first-order valence-electron chi connectivity index (χ1n) is 7.58. The van der Waals surface area contributed by atoms with E-state index in [1.54, 1.807) is 0 Å². The summed E-state index contributed by atoms with van der Waals surface area (Å²) in [5, 5.41) is 0.757. The van der Waals surface area contributed by atoms with Crippen molar-refractivity contribution in [2.24, 2.45) is 5.73 Å². The van der Waals surface area contributed by atoms with Gasteiger partial charge in [0.05, 0.1) is 0 Å². The molecule has 2 atom stereocenters. The molecule has 2 aromatic rings. The molecule has 0 bridgehead atoms. The average molecular weight is 319 g/mol. The second-order valence-electron chi connectivity index (χ2n) is 6.06. The number of likely N-dealkylation sites (tertiary alicyclic amines) is 1. The van der Waals surface area contributed by atoms with Crippen LogP contribution in [0.3, 0.4) is 0 Å². The first-order chi connectivity index (χ1) is 10.6. The van der Waals surface area contributed by atoms with Crippen LogP contribution in [-0.4, -0.2) is 24.0 Å². The summed E-state index contributed by atoms with van der Waals surface area (Å²) in [5.74, 6) is 0.222. The number of hydrogen-bond donors (Lipinski definition) is 1. The van der Waals surface area contributed by atoms with Gasteiger partial charge >= 0.3 is 0 Å². The van der Waals surface area contributed by atoms with E-state index in [2.05, 4.69) is 17.0 Å². The third kappa shape index (κ3) is 3.86. The van der Waals surface area contributed by atoms with Gasteiger partial charge in [-0.2, -0.15) is 0 Å². The van der Waals surface area contributed by atoms with Crippen molar-refractivity contribution in [1.29, 1.82) is 0 Å². The molecule has 22 heavy (non-hydrogen) atoms. The van der Waals surface area contributed by atoms with Gasteiger partial charge in [0.1, 0.15) is 5.82 Å². The fourth-order valence-corrected chi connectivity index (χ4v) is 3.31. The van der Waals surface area contributed by atoms with Crippen LogP contribution in [0.1, 0.15) is 23.5 Å². The number of halogens is 2. The Bertz CT molecular complexity index is 612. The van der Waals surface area contributed by atoms with Crippen molar-refractivity contribution in [3.8, 4) is 0 Å². The summed E-state index contributed by atoms with van der Waals surface area (Å²) in [6.07, 6.45) is 0.988. The van der Waals surface area contributed by atoms with Gasteiger partial charge in [-0.1, -0.05) is 35.9 Å². The lowest BCUT2D eigenvalue weighted by Crippen LogP contribution is -2.45. The molecule has 2 unspecified atom stereocenters. The summed E-state index contributed by atoms with van der Waals surface area (Å²) in [5.41, 5.74) is 8.63. The monoisotopic (exact) mass is 318 g/mol. The largest absolute Gasteiger partial charge is 0.327 e. The maximum atomic E-state index is 13.0. The topological polar surface area (TPSA) is 29.3 Å². The molecule has 3 rings (SSSR count). The second-order valence-corrected chi connectivity index (χ2v) is 6.50. The maximum Gasteiger partial charge on any atom is 0.123 e. The maximum absolute atomic E-state index is 13.0. The van der Waals surface area contributed by atoms with Gasteiger partial charge in [-0.25, -0.2) is 4.39 Å². The van der Waals surface area contributed by atoms with Crippen LogP contribution in [0.25, 0.3) is 0 Å². The van der Waals surface area contributed by atoms with Gasteiger partial charge in [-0.3, -0.25) is 4.90 Å². The highest BCUT2D eigenvalue weighted by Gasteiger charge is 2.26. The fourth-order valence-electron chi connectivity index (χ4n) is 3.19. The Balaban J connectivity index is 1.70. The predicted octanol–water partition coefficient (Wildman–Crippen LogP) is 3.80. The molecule has 0 amide bonds. The third-order valence-electron chi connectivity index (χ3n) is 4.22. The van der Waals surface area contributed by atoms with Crippen LogP contribution in [0.5, 0.6) is 0 Å². The van der Waals surface area contributed by atoms with Gasteiger partial charge in [0, 0.05) is 30.7 Å². The number of rotatable bonds is 3. The van der Waals surface area contributed by atoms with Crippen molar-refractivity contribution in [3.05, 3.63) is 70.5 Å². The fraction of sp³-hybridized carbons (Fsp3) is 0.333.